The Morgan fingerprint density at radius 2 is 2.21 bits per heavy atom. The summed E-state index contributed by atoms with van der Waals surface area (Å²) in [4.78, 5) is 4.56. The maximum absolute atomic E-state index is 5.94. The van der Waals surface area contributed by atoms with Crippen LogP contribution in [0.3, 0.4) is 0 Å². The maximum Gasteiger partial charge on any atom is 0.153 e. The van der Waals surface area contributed by atoms with Crippen LogP contribution in [0.5, 0.6) is 0 Å². The predicted molar refractivity (Wildman–Crippen MR) is 55.1 cm³/mol. The lowest BCUT2D eigenvalue weighted by molar-refractivity contribution is 0.381. The average molecular weight is 194 g/mol. The number of aromatic nitrogens is 3. The van der Waals surface area contributed by atoms with E-state index < -0.39 is 0 Å². The van der Waals surface area contributed by atoms with Crippen LogP contribution in [0.1, 0.15) is 50.7 Å². The second-order valence-electron chi connectivity index (χ2n) is 4.56. The predicted octanol–water partition coefficient (Wildman–Crippen LogP) is 1.24. The van der Waals surface area contributed by atoms with E-state index in [9.17, 15) is 0 Å². The zero-order valence-corrected chi connectivity index (χ0v) is 9.07. The third kappa shape index (κ3) is 1.54. The maximum atomic E-state index is 5.94. The van der Waals surface area contributed by atoms with Crippen LogP contribution in [0.25, 0.3) is 0 Å². The first-order valence-corrected chi connectivity index (χ1v) is 5.28. The second-order valence-corrected chi connectivity index (χ2v) is 4.56. The van der Waals surface area contributed by atoms with Gasteiger partial charge in [-0.15, -0.1) is 0 Å². The molecule has 1 aromatic heterocycles. The third-order valence-corrected chi connectivity index (χ3v) is 2.74. The number of nitrogens with two attached hydrogens (primary N) is 1. The molecule has 0 amide bonds. The Balaban J connectivity index is 2.35. The molecule has 0 bridgehead atoms. The van der Waals surface area contributed by atoms with Crippen molar-refractivity contribution in [3.8, 4) is 0 Å². The van der Waals surface area contributed by atoms with Crippen molar-refractivity contribution < 1.29 is 0 Å². The summed E-state index contributed by atoms with van der Waals surface area (Å²) >= 11 is 0. The Kier molecular flexibility index (Phi) is 2.31. The van der Waals surface area contributed by atoms with Crippen LogP contribution in [-0.4, -0.2) is 20.8 Å². The van der Waals surface area contributed by atoms with Gasteiger partial charge in [-0.3, -0.25) is 0 Å². The fourth-order valence-electron chi connectivity index (χ4n) is 1.97. The summed E-state index contributed by atoms with van der Waals surface area (Å²) in [5.74, 6) is 2.90. The minimum absolute atomic E-state index is 0.235. The largest absolute Gasteiger partial charge is 0.326 e. The first-order valence-electron chi connectivity index (χ1n) is 5.28. The van der Waals surface area contributed by atoms with Gasteiger partial charge in [-0.1, -0.05) is 20.8 Å². The van der Waals surface area contributed by atoms with Gasteiger partial charge in [-0.05, 0) is 6.42 Å². The minimum atomic E-state index is 0.235. The Labute approximate surface area is 84.5 Å². The monoisotopic (exact) mass is 194 g/mol. The number of hydrogen-bond donors (Lipinski definition) is 1. The standard InChI is InChI=1S/C10H18N4/c1-6(2)9-12-10-7(3)4-8(11)5-14(10)13-9/h6-8H,4-5,11H2,1-3H3. The van der Waals surface area contributed by atoms with Crippen LogP contribution in [0, 0.1) is 0 Å². The van der Waals surface area contributed by atoms with E-state index in [0.717, 1.165) is 24.6 Å². The smallest absolute Gasteiger partial charge is 0.153 e. The van der Waals surface area contributed by atoms with Crippen LogP contribution in [0.4, 0.5) is 0 Å². The molecule has 2 unspecified atom stereocenters. The molecule has 78 valence electrons. The molecule has 1 aliphatic heterocycles. The molecular formula is C10H18N4. The van der Waals surface area contributed by atoms with Crippen molar-refractivity contribution in [2.24, 2.45) is 5.73 Å². The van der Waals surface area contributed by atoms with E-state index in [-0.39, 0.29) is 6.04 Å². The normalized spacial score (nSPS) is 26.6. The van der Waals surface area contributed by atoms with Crippen LogP contribution < -0.4 is 5.73 Å². The van der Waals surface area contributed by atoms with Crippen molar-refractivity contribution in [2.75, 3.05) is 0 Å². The minimum Gasteiger partial charge on any atom is -0.326 e. The van der Waals surface area contributed by atoms with Crippen molar-refractivity contribution in [1.29, 1.82) is 0 Å². The number of fused-ring (bicyclic) bond motifs is 1. The molecule has 2 rings (SSSR count). The molecule has 2 N–H and O–H groups in total. The van der Waals surface area contributed by atoms with Crippen molar-refractivity contribution in [2.45, 2.75) is 51.6 Å². The molecule has 4 nitrogen and oxygen atoms in total. The Hall–Kier alpha value is -0.900. The Morgan fingerprint density at radius 1 is 1.50 bits per heavy atom. The van der Waals surface area contributed by atoms with E-state index in [1.807, 2.05) is 4.68 Å². The van der Waals surface area contributed by atoms with Gasteiger partial charge < -0.3 is 5.73 Å². The van der Waals surface area contributed by atoms with E-state index in [4.69, 9.17) is 5.73 Å². The molecule has 2 atom stereocenters. The highest BCUT2D eigenvalue weighted by Gasteiger charge is 2.25. The number of hydrogen-bond acceptors (Lipinski definition) is 3. The van der Waals surface area contributed by atoms with E-state index >= 15 is 0 Å². The fourth-order valence-corrected chi connectivity index (χ4v) is 1.97. The molecule has 4 heteroatoms. The molecule has 1 aromatic rings. The van der Waals surface area contributed by atoms with Gasteiger partial charge in [0, 0.05) is 17.9 Å². The number of rotatable bonds is 1. The summed E-state index contributed by atoms with van der Waals surface area (Å²) in [6.07, 6.45) is 1.02. The quantitative estimate of drug-likeness (QED) is 0.731. The lowest BCUT2D eigenvalue weighted by Gasteiger charge is -2.23. The van der Waals surface area contributed by atoms with Gasteiger partial charge in [0.1, 0.15) is 5.82 Å². The van der Waals surface area contributed by atoms with E-state index in [1.54, 1.807) is 0 Å². The van der Waals surface area contributed by atoms with Gasteiger partial charge in [0.15, 0.2) is 5.82 Å². The van der Waals surface area contributed by atoms with E-state index in [1.165, 1.54) is 0 Å². The summed E-state index contributed by atoms with van der Waals surface area (Å²) < 4.78 is 1.98. The molecule has 1 aliphatic rings. The molecule has 0 fully saturated rings. The molecule has 0 aromatic carbocycles. The lowest BCUT2D eigenvalue weighted by atomic mass is 9.98. The Bertz CT molecular complexity index is 329. The van der Waals surface area contributed by atoms with Gasteiger partial charge in [-0.2, -0.15) is 5.10 Å². The SMILES string of the molecule is CC(C)c1nc2n(n1)CC(N)CC2C. The molecule has 14 heavy (non-hydrogen) atoms. The average Bonchev–Trinajstić information content (AvgIpc) is 2.47. The van der Waals surface area contributed by atoms with Crippen LogP contribution in [0.2, 0.25) is 0 Å². The molecule has 2 heterocycles. The first kappa shape index (κ1) is 9.65. The number of nitrogens with zero attached hydrogens (tertiary/aromatic N) is 3. The van der Waals surface area contributed by atoms with Crippen LogP contribution >= 0.6 is 0 Å². The summed E-state index contributed by atoms with van der Waals surface area (Å²) in [7, 11) is 0. The van der Waals surface area contributed by atoms with E-state index in [2.05, 4.69) is 30.9 Å². The highest BCUT2D eigenvalue weighted by molar-refractivity contribution is 5.05. The van der Waals surface area contributed by atoms with Crippen molar-refractivity contribution in [1.82, 2.24) is 14.8 Å². The first-order chi connectivity index (χ1) is 6.58. The summed E-state index contributed by atoms with van der Waals surface area (Å²) in [6.45, 7) is 7.22. The van der Waals surface area contributed by atoms with Crippen LogP contribution in [0.15, 0.2) is 0 Å². The van der Waals surface area contributed by atoms with Gasteiger partial charge in [0.05, 0.1) is 6.54 Å². The summed E-state index contributed by atoms with van der Waals surface area (Å²) in [5, 5.41) is 4.48. The molecular weight excluding hydrogens is 176 g/mol. The zero-order valence-electron chi connectivity index (χ0n) is 9.07. The van der Waals surface area contributed by atoms with Gasteiger partial charge in [0.2, 0.25) is 0 Å². The fraction of sp³-hybridized carbons (Fsp3) is 0.800. The van der Waals surface area contributed by atoms with Gasteiger partial charge >= 0.3 is 0 Å². The molecule has 0 saturated heterocycles. The van der Waals surface area contributed by atoms with Gasteiger partial charge in [-0.25, -0.2) is 9.67 Å². The molecule has 0 aliphatic carbocycles. The van der Waals surface area contributed by atoms with E-state index in [0.29, 0.717) is 11.8 Å². The van der Waals surface area contributed by atoms with Crippen LogP contribution in [-0.2, 0) is 6.54 Å². The lowest BCUT2D eigenvalue weighted by Crippen LogP contribution is -2.34. The summed E-state index contributed by atoms with van der Waals surface area (Å²) in [5.41, 5.74) is 5.94. The van der Waals surface area contributed by atoms with Gasteiger partial charge in [0.25, 0.3) is 0 Å². The topological polar surface area (TPSA) is 56.7 Å². The zero-order chi connectivity index (χ0) is 10.3. The third-order valence-electron chi connectivity index (χ3n) is 2.74. The van der Waals surface area contributed by atoms with Crippen molar-refractivity contribution >= 4 is 0 Å². The van der Waals surface area contributed by atoms with Crippen molar-refractivity contribution in [3.05, 3.63) is 11.6 Å². The molecule has 0 radical (unpaired) electrons. The molecule has 0 spiro atoms. The summed E-state index contributed by atoms with van der Waals surface area (Å²) in [6, 6.07) is 0.235. The molecule has 0 saturated carbocycles. The second kappa shape index (κ2) is 3.35. The van der Waals surface area contributed by atoms with Crippen molar-refractivity contribution in [3.63, 3.8) is 0 Å². The highest BCUT2D eigenvalue weighted by Crippen LogP contribution is 2.25. The Morgan fingerprint density at radius 3 is 2.86 bits per heavy atom. The highest BCUT2D eigenvalue weighted by atomic mass is 15.4.